The molecule has 0 atom stereocenters. The molecule has 0 aliphatic carbocycles. The van der Waals surface area contributed by atoms with Crippen LogP contribution in [0.4, 0.5) is 40.7 Å². The van der Waals surface area contributed by atoms with E-state index in [9.17, 15) is 17.6 Å². The largest absolute Gasteiger partial charge is 0.416 e. The molecule has 0 saturated heterocycles. The lowest BCUT2D eigenvalue weighted by Gasteiger charge is -2.12. The van der Waals surface area contributed by atoms with Gasteiger partial charge in [-0.3, -0.25) is 0 Å². The minimum atomic E-state index is -4.51. The smallest absolute Gasteiger partial charge is 0.339 e. The van der Waals surface area contributed by atoms with E-state index in [4.69, 9.17) is 11.6 Å². The molecule has 26 heavy (non-hydrogen) atoms. The van der Waals surface area contributed by atoms with Gasteiger partial charge in [0, 0.05) is 5.69 Å². The summed E-state index contributed by atoms with van der Waals surface area (Å²) in [6.45, 7) is 0. The van der Waals surface area contributed by atoms with Gasteiger partial charge in [0.05, 0.1) is 22.5 Å². The molecule has 0 aliphatic heterocycles. The Labute approximate surface area is 150 Å². The van der Waals surface area contributed by atoms with Crippen LogP contribution in [-0.2, 0) is 6.18 Å². The number of nitrogens with one attached hydrogen (secondary N) is 2. The van der Waals surface area contributed by atoms with Crippen LogP contribution in [0.5, 0.6) is 0 Å². The second-order valence-corrected chi connectivity index (χ2v) is 5.53. The molecule has 0 amide bonds. The van der Waals surface area contributed by atoms with E-state index in [0.29, 0.717) is 5.69 Å². The predicted molar refractivity (Wildman–Crippen MR) is 89.2 cm³/mol. The van der Waals surface area contributed by atoms with E-state index in [1.165, 1.54) is 24.4 Å². The highest BCUT2D eigenvalue weighted by Gasteiger charge is 2.31. The van der Waals surface area contributed by atoms with Gasteiger partial charge >= 0.3 is 6.18 Å². The van der Waals surface area contributed by atoms with Gasteiger partial charge < -0.3 is 10.6 Å². The zero-order valence-corrected chi connectivity index (χ0v) is 13.6. The Morgan fingerprint density at radius 1 is 1.00 bits per heavy atom. The molecule has 0 unspecified atom stereocenters. The Morgan fingerprint density at radius 2 is 1.81 bits per heavy atom. The first-order chi connectivity index (χ1) is 12.3. The van der Waals surface area contributed by atoms with Crippen LogP contribution in [0.25, 0.3) is 0 Å². The van der Waals surface area contributed by atoms with E-state index in [1.54, 1.807) is 6.07 Å². The third-order valence-corrected chi connectivity index (χ3v) is 3.53. The van der Waals surface area contributed by atoms with Crippen LogP contribution in [0.3, 0.4) is 0 Å². The zero-order valence-electron chi connectivity index (χ0n) is 12.9. The number of anilines is 4. The van der Waals surface area contributed by atoms with Crippen molar-refractivity contribution in [3.63, 3.8) is 0 Å². The summed E-state index contributed by atoms with van der Waals surface area (Å²) in [5.41, 5.74) is -0.467. The fourth-order valence-electron chi connectivity index (χ4n) is 2.05. The number of benzene rings is 2. The SMILES string of the molecule is Fc1cccc(Nc2cnnc(Nc3cc(C(F)(F)F)ccc3Cl)n2)c1. The predicted octanol–water partition coefficient (Wildman–Crippen LogP) is 5.17. The summed E-state index contributed by atoms with van der Waals surface area (Å²) in [6.07, 6.45) is -3.23. The number of alkyl halides is 3. The summed E-state index contributed by atoms with van der Waals surface area (Å²) in [5, 5.41) is 12.9. The maximum absolute atomic E-state index is 13.2. The van der Waals surface area contributed by atoms with Crippen LogP contribution in [0.15, 0.2) is 48.7 Å². The number of rotatable bonds is 4. The second-order valence-electron chi connectivity index (χ2n) is 5.12. The Morgan fingerprint density at radius 3 is 2.54 bits per heavy atom. The van der Waals surface area contributed by atoms with Crippen LogP contribution >= 0.6 is 11.6 Å². The number of aromatic nitrogens is 3. The van der Waals surface area contributed by atoms with Crippen LogP contribution in [0, 0.1) is 5.82 Å². The van der Waals surface area contributed by atoms with Gasteiger partial charge in [0.2, 0.25) is 5.95 Å². The van der Waals surface area contributed by atoms with Gasteiger partial charge in [0.15, 0.2) is 5.82 Å². The van der Waals surface area contributed by atoms with E-state index < -0.39 is 17.6 Å². The van der Waals surface area contributed by atoms with Gasteiger partial charge in [-0.2, -0.15) is 23.3 Å². The highest BCUT2D eigenvalue weighted by molar-refractivity contribution is 6.33. The number of nitrogens with zero attached hydrogens (tertiary/aromatic N) is 3. The lowest BCUT2D eigenvalue weighted by molar-refractivity contribution is -0.137. The Hall–Kier alpha value is -2.94. The lowest BCUT2D eigenvalue weighted by atomic mass is 10.2. The van der Waals surface area contributed by atoms with Gasteiger partial charge in [0.25, 0.3) is 0 Å². The van der Waals surface area contributed by atoms with Crippen molar-refractivity contribution in [3.8, 4) is 0 Å². The molecule has 3 rings (SSSR count). The van der Waals surface area contributed by atoms with Crippen LogP contribution in [0.2, 0.25) is 5.02 Å². The van der Waals surface area contributed by atoms with Crippen LogP contribution in [0.1, 0.15) is 5.56 Å². The van der Waals surface area contributed by atoms with E-state index in [2.05, 4.69) is 25.8 Å². The standard InChI is InChI=1S/C16H10ClF4N5/c17-12-5-4-9(16(19,20)21)6-13(12)24-15-25-14(8-22-26-15)23-11-3-1-2-10(18)7-11/h1-8H,(H2,23,24,25,26). The van der Waals surface area contributed by atoms with Crippen molar-refractivity contribution in [1.29, 1.82) is 0 Å². The van der Waals surface area contributed by atoms with Crippen molar-refractivity contribution in [1.82, 2.24) is 15.2 Å². The average molecular weight is 384 g/mol. The fourth-order valence-corrected chi connectivity index (χ4v) is 2.21. The summed E-state index contributed by atoms with van der Waals surface area (Å²) < 4.78 is 51.7. The van der Waals surface area contributed by atoms with Gasteiger partial charge in [-0.25, -0.2) is 4.39 Å². The number of hydrogen-bond acceptors (Lipinski definition) is 5. The quantitative estimate of drug-likeness (QED) is 0.608. The molecule has 0 spiro atoms. The molecule has 0 fully saturated rings. The maximum Gasteiger partial charge on any atom is 0.416 e. The van der Waals surface area contributed by atoms with Crippen molar-refractivity contribution in [2.45, 2.75) is 6.18 Å². The maximum atomic E-state index is 13.2. The highest BCUT2D eigenvalue weighted by Crippen LogP contribution is 2.34. The van der Waals surface area contributed by atoms with Crippen molar-refractivity contribution in [3.05, 3.63) is 65.1 Å². The molecule has 10 heteroatoms. The molecule has 0 bridgehead atoms. The summed E-state index contributed by atoms with van der Waals surface area (Å²) in [7, 11) is 0. The minimum absolute atomic E-state index is 0.0220. The molecule has 2 N–H and O–H groups in total. The first kappa shape index (κ1) is 17.9. The summed E-state index contributed by atoms with van der Waals surface area (Å²) in [5.74, 6) is -0.296. The Kier molecular flexibility index (Phi) is 4.90. The molecule has 134 valence electrons. The second kappa shape index (κ2) is 7.12. The van der Waals surface area contributed by atoms with Gasteiger partial charge in [0.1, 0.15) is 5.82 Å². The Balaban J connectivity index is 1.83. The molecule has 0 radical (unpaired) electrons. The molecule has 2 aromatic carbocycles. The average Bonchev–Trinajstić information content (AvgIpc) is 2.56. The van der Waals surface area contributed by atoms with E-state index in [1.807, 2.05) is 0 Å². The molecule has 1 heterocycles. The molecule has 1 aromatic heterocycles. The summed E-state index contributed by atoms with van der Waals surface area (Å²) >= 11 is 5.92. The van der Waals surface area contributed by atoms with Crippen LogP contribution < -0.4 is 10.6 Å². The van der Waals surface area contributed by atoms with Gasteiger partial charge in [-0.1, -0.05) is 17.7 Å². The van der Waals surface area contributed by atoms with E-state index in [0.717, 1.165) is 18.2 Å². The van der Waals surface area contributed by atoms with E-state index in [-0.39, 0.29) is 22.5 Å². The zero-order chi connectivity index (χ0) is 18.7. The van der Waals surface area contributed by atoms with Gasteiger partial charge in [-0.05, 0) is 36.4 Å². The molecule has 5 nitrogen and oxygen atoms in total. The summed E-state index contributed by atoms with van der Waals surface area (Å²) in [6, 6.07) is 8.49. The minimum Gasteiger partial charge on any atom is -0.339 e. The first-order valence-electron chi connectivity index (χ1n) is 7.17. The fraction of sp³-hybridized carbons (Fsp3) is 0.0625. The number of halogens is 5. The monoisotopic (exact) mass is 383 g/mol. The third-order valence-electron chi connectivity index (χ3n) is 3.20. The topological polar surface area (TPSA) is 62.7 Å². The van der Waals surface area contributed by atoms with Crippen molar-refractivity contribution in [2.75, 3.05) is 10.6 Å². The number of hydrogen-bond donors (Lipinski definition) is 2. The van der Waals surface area contributed by atoms with Crippen molar-refractivity contribution >= 4 is 34.7 Å². The third kappa shape index (κ3) is 4.37. The molecular weight excluding hydrogens is 374 g/mol. The van der Waals surface area contributed by atoms with Crippen molar-refractivity contribution in [2.24, 2.45) is 0 Å². The van der Waals surface area contributed by atoms with Crippen molar-refractivity contribution < 1.29 is 17.6 Å². The molecular formula is C16H10ClF4N5. The lowest BCUT2D eigenvalue weighted by Crippen LogP contribution is -2.07. The van der Waals surface area contributed by atoms with Gasteiger partial charge in [-0.15, -0.1) is 5.10 Å². The van der Waals surface area contributed by atoms with Crippen LogP contribution in [-0.4, -0.2) is 15.2 Å². The molecule has 0 saturated carbocycles. The normalized spacial score (nSPS) is 11.3. The highest BCUT2D eigenvalue weighted by atomic mass is 35.5. The molecule has 0 aliphatic rings. The first-order valence-corrected chi connectivity index (χ1v) is 7.55. The molecule has 3 aromatic rings. The van der Waals surface area contributed by atoms with E-state index >= 15 is 0 Å². The summed E-state index contributed by atoms with van der Waals surface area (Å²) in [4.78, 5) is 4.07. The Bertz CT molecular complexity index is 933.